The Labute approximate surface area is 95.8 Å². The predicted octanol–water partition coefficient (Wildman–Crippen LogP) is 1.18. The molecule has 1 heterocycles. The number of ether oxygens (including phenoxy) is 1. The Morgan fingerprint density at radius 3 is 2.81 bits per heavy atom. The summed E-state index contributed by atoms with van der Waals surface area (Å²) in [5.41, 5.74) is -0.749. The minimum Gasteiger partial charge on any atom is -0.369 e. The smallest absolute Gasteiger partial charge is 0.254 e. The molecule has 0 aliphatic rings. The monoisotopic (exact) mass is 225 g/mol. The number of rotatable bonds is 5. The molecule has 0 bridgehead atoms. The first-order valence-electron chi connectivity index (χ1n) is 5.32. The molecule has 1 N–H and O–H groups in total. The van der Waals surface area contributed by atoms with Crippen molar-refractivity contribution in [3.8, 4) is 0 Å². The minimum absolute atomic E-state index is 0.0334. The van der Waals surface area contributed by atoms with E-state index in [-0.39, 0.29) is 5.91 Å². The Morgan fingerprint density at radius 2 is 2.38 bits per heavy atom. The van der Waals surface area contributed by atoms with Gasteiger partial charge in [0.2, 0.25) is 0 Å². The van der Waals surface area contributed by atoms with Gasteiger partial charge >= 0.3 is 0 Å². The Bertz CT molecular complexity index is 331. The molecule has 0 spiro atoms. The minimum atomic E-state index is -0.749. The van der Waals surface area contributed by atoms with Gasteiger partial charge < -0.3 is 14.6 Å². The van der Waals surface area contributed by atoms with E-state index in [0.717, 1.165) is 5.82 Å². The largest absolute Gasteiger partial charge is 0.369 e. The van der Waals surface area contributed by atoms with Crippen molar-refractivity contribution in [3.05, 3.63) is 18.2 Å². The highest BCUT2D eigenvalue weighted by atomic mass is 16.5. The molecule has 90 valence electrons. The Balaban J connectivity index is 2.67. The molecule has 1 aromatic rings. The lowest BCUT2D eigenvalue weighted by Crippen LogP contribution is -2.46. The van der Waals surface area contributed by atoms with Crippen LogP contribution in [0.4, 0.5) is 0 Å². The van der Waals surface area contributed by atoms with Crippen molar-refractivity contribution < 1.29 is 9.53 Å². The standard InChI is InChI=1S/C11H19N3O2/c1-5-11(2,16-4)10(15)14(3)8-9-12-6-7-13-9/h6-7H,5,8H2,1-4H3,(H,12,13). The van der Waals surface area contributed by atoms with E-state index in [9.17, 15) is 4.79 Å². The number of methoxy groups -OCH3 is 1. The van der Waals surface area contributed by atoms with E-state index in [2.05, 4.69) is 9.97 Å². The van der Waals surface area contributed by atoms with Gasteiger partial charge in [-0.2, -0.15) is 0 Å². The van der Waals surface area contributed by atoms with Crippen LogP contribution >= 0.6 is 0 Å². The topological polar surface area (TPSA) is 58.2 Å². The third kappa shape index (κ3) is 2.61. The number of hydrogen-bond acceptors (Lipinski definition) is 3. The van der Waals surface area contributed by atoms with Crippen LogP contribution in [0.3, 0.4) is 0 Å². The normalized spacial score (nSPS) is 14.5. The van der Waals surface area contributed by atoms with E-state index < -0.39 is 5.60 Å². The maximum absolute atomic E-state index is 12.1. The average Bonchev–Trinajstić information content (AvgIpc) is 2.79. The fourth-order valence-electron chi connectivity index (χ4n) is 1.47. The molecule has 0 aliphatic carbocycles. The summed E-state index contributed by atoms with van der Waals surface area (Å²) < 4.78 is 5.27. The van der Waals surface area contributed by atoms with Crippen molar-refractivity contribution >= 4 is 5.91 Å². The van der Waals surface area contributed by atoms with Crippen molar-refractivity contribution in [2.75, 3.05) is 14.2 Å². The number of carbonyl (C=O) groups excluding carboxylic acids is 1. The van der Waals surface area contributed by atoms with Crippen LogP contribution in [0.25, 0.3) is 0 Å². The number of hydrogen-bond donors (Lipinski definition) is 1. The van der Waals surface area contributed by atoms with Crippen LogP contribution in [0.2, 0.25) is 0 Å². The fraction of sp³-hybridized carbons (Fsp3) is 0.636. The van der Waals surface area contributed by atoms with E-state index in [4.69, 9.17) is 4.74 Å². The number of aromatic nitrogens is 2. The highest BCUT2D eigenvalue weighted by molar-refractivity contribution is 5.84. The van der Waals surface area contributed by atoms with Crippen LogP contribution in [0.1, 0.15) is 26.1 Å². The van der Waals surface area contributed by atoms with Gasteiger partial charge in [0.1, 0.15) is 11.4 Å². The van der Waals surface area contributed by atoms with Crippen LogP contribution in [0, 0.1) is 0 Å². The molecular formula is C11H19N3O2. The van der Waals surface area contributed by atoms with Crippen molar-refractivity contribution in [2.45, 2.75) is 32.4 Å². The molecular weight excluding hydrogens is 206 g/mol. The summed E-state index contributed by atoms with van der Waals surface area (Å²) in [4.78, 5) is 20.8. The van der Waals surface area contributed by atoms with Crippen molar-refractivity contribution in [1.29, 1.82) is 0 Å². The van der Waals surface area contributed by atoms with Gasteiger partial charge in [0.05, 0.1) is 6.54 Å². The Hall–Kier alpha value is -1.36. The lowest BCUT2D eigenvalue weighted by atomic mass is 10.0. The highest BCUT2D eigenvalue weighted by Crippen LogP contribution is 2.17. The molecule has 1 rings (SSSR count). The molecule has 0 aliphatic heterocycles. The molecule has 1 unspecified atom stereocenters. The van der Waals surface area contributed by atoms with Crippen molar-refractivity contribution in [1.82, 2.24) is 14.9 Å². The zero-order valence-electron chi connectivity index (χ0n) is 10.3. The molecule has 1 aromatic heterocycles. The second-order valence-electron chi connectivity index (χ2n) is 3.99. The van der Waals surface area contributed by atoms with Gasteiger partial charge in [0, 0.05) is 26.6 Å². The van der Waals surface area contributed by atoms with Crippen LogP contribution in [0.15, 0.2) is 12.4 Å². The summed E-state index contributed by atoms with van der Waals surface area (Å²) >= 11 is 0. The summed E-state index contributed by atoms with van der Waals surface area (Å²) in [5, 5.41) is 0. The Kier molecular flexibility index (Phi) is 4.06. The first-order valence-corrected chi connectivity index (χ1v) is 5.32. The predicted molar refractivity (Wildman–Crippen MR) is 60.8 cm³/mol. The van der Waals surface area contributed by atoms with Gasteiger partial charge in [0.15, 0.2) is 0 Å². The molecule has 0 fully saturated rings. The average molecular weight is 225 g/mol. The maximum Gasteiger partial charge on any atom is 0.254 e. The number of imidazole rings is 1. The van der Waals surface area contributed by atoms with Gasteiger partial charge in [-0.15, -0.1) is 0 Å². The summed E-state index contributed by atoms with van der Waals surface area (Å²) in [7, 11) is 3.31. The van der Waals surface area contributed by atoms with Gasteiger partial charge in [-0.3, -0.25) is 4.79 Å². The number of aromatic amines is 1. The van der Waals surface area contributed by atoms with Crippen LogP contribution in [-0.2, 0) is 16.1 Å². The molecule has 0 radical (unpaired) electrons. The first kappa shape index (κ1) is 12.7. The van der Waals surface area contributed by atoms with Crippen LogP contribution < -0.4 is 0 Å². The van der Waals surface area contributed by atoms with Crippen LogP contribution in [0.5, 0.6) is 0 Å². The van der Waals surface area contributed by atoms with E-state index in [0.29, 0.717) is 13.0 Å². The third-order valence-corrected chi connectivity index (χ3v) is 2.87. The summed E-state index contributed by atoms with van der Waals surface area (Å²) in [6, 6.07) is 0. The first-order chi connectivity index (χ1) is 7.53. The maximum atomic E-state index is 12.1. The number of likely N-dealkylation sites (N-methyl/N-ethyl adjacent to an activating group) is 1. The van der Waals surface area contributed by atoms with Gasteiger partial charge in [-0.1, -0.05) is 6.92 Å². The number of H-pyrrole nitrogens is 1. The van der Waals surface area contributed by atoms with E-state index in [1.807, 2.05) is 6.92 Å². The molecule has 1 amide bonds. The Morgan fingerprint density at radius 1 is 1.69 bits per heavy atom. The molecule has 1 atom stereocenters. The summed E-state index contributed by atoms with van der Waals surface area (Å²) in [5.74, 6) is 0.735. The van der Waals surface area contributed by atoms with Crippen LogP contribution in [-0.4, -0.2) is 40.5 Å². The molecule has 16 heavy (non-hydrogen) atoms. The zero-order valence-corrected chi connectivity index (χ0v) is 10.3. The van der Waals surface area contributed by atoms with E-state index >= 15 is 0 Å². The SMILES string of the molecule is CCC(C)(OC)C(=O)N(C)Cc1ncc[nH]1. The van der Waals surface area contributed by atoms with Gasteiger partial charge in [0.25, 0.3) is 5.91 Å². The van der Waals surface area contributed by atoms with E-state index in [1.165, 1.54) is 0 Å². The van der Waals surface area contributed by atoms with E-state index in [1.54, 1.807) is 38.4 Å². The van der Waals surface area contributed by atoms with Crippen molar-refractivity contribution in [3.63, 3.8) is 0 Å². The number of amides is 1. The fourth-order valence-corrected chi connectivity index (χ4v) is 1.47. The second kappa shape index (κ2) is 5.12. The number of carbonyl (C=O) groups is 1. The van der Waals surface area contributed by atoms with Crippen molar-refractivity contribution in [2.24, 2.45) is 0 Å². The quantitative estimate of drug-likeness (QED) is 0.818. The summed E-state index contributed by atoms with van der Waals surface area (Å²) in [6.07, 6.45) is 4.05. The lowest BCUT2D eigenvalue weighted by molar-refractivity contribution is -0.152. The highest BCUT2D eigenvalue weighted by Gasteiger charge is 2.33. The van der Waals surface area contributed by atoms with Gasteiger partial charge in [-0.25, -0.2) is 4.98 Å². The van der Waals surface area contributed by atoms with Gasteiger partial charge in [-0.05, 0) is 13.3 Å². The lowest BCUT2D eigenvalue weighted by Gasteiger charge is -2.30. The third-order valence-electron chi connectivity index (χ3n) is 2.87. The zero-order chi connectivity index (χ0) is 12.2. The molecule has 5 nitrogen and oxygen atoms in total. The number of nitrogens with zero attached hydrogens (tertiary/aromatic N) is 2. The second-order valence-corrected chi connectivity index (χ2v) is 3.99. The molecule has 0 saturated heterocycles. The summed E-state index contributed by atoms with van der Waals surface area (Å²) in [6.45, 7) is 4.20. The molecule has 0 saturated carbocycles. The molecule has 0 aromatic carbocycles. The number of nitrogens with one attached hydrogen (secondary N) is 1. The molecule has 5 heteroatoms.